The third-order valence-corrected chi connectivity index (χ3v) is 5.83. The van der Waals surface area contributed by atoms with E-state index in [0.29, 0.717) is 12.3 Å². The average molecular weight is 374 g/mol. The Bertz CT molecular complexity index is 770. The van der Waals surface area contributed by atoms with Crippen molar-refractivity contribution in [2.24, 2.45) is 5.92 Å². The summed E-state index contributed by atoms with van der Waals surface area (Å²) in [5.41, 5.74) is 2.36. The average Bonchev–Trinajstić information content (AvgIpc) is 3.42. The van der Waals surface area contributed by atoms with Gasteiger partial charge in [0.25, 0.3) is 0 Å². The van der Waals surface area contributed by atoms with Gasteiger partial charge < -0.3 is 4.90 Å². The van der Waals surface area contributed by atoms with E-state index in [4.69, 9.17) is 23.2 Å². The standard InChI is InChI=1S/C21H21Cl2NO/c22-17-8-6-15(7-9-17)21-19(16-2-1-3-18(23)12-16)10-11-20(25)24(21)13-14-4-5-14/h1-3,6-9,12,14,19,21H,4-5,10-11,13H2/t19-,21?/m1/s1. The van der Waals surface area contributed by atoms with Crippen molar-refractivity contribution in [3.63, 3.8) is 0 Å². The molecule has 0 aromatic heterocycles. The van der Waals surface area contributed by atoms with Crippen LogP contribution in [0.25, 0.3) is 0 Å². The van der Waals surface area contributed by atoms with Crippen LogP contribution < -0.4 is 0 Å². The number of hydrogen-bond acceptors (Lipinski definition) is 1. The van der Waals surface area contributed by atoms with Crippen LogP contribution in [-0.4, -0.2) is 17.4 Å². The van der Waals surface area contributed by atoms with Gasteiger partial charge in [-0.1, -0.05) is 47.5 Å². The van der Waals surface area contributed by atoms with Gasteiger partial charge in [-0.2, -0.15) is 0 Å². The smallest absolute Gasteiger partial charge is 0.223 e. The Kier molecular flexibility index (Phi) is 4.75. The number of piperidine rings is 1. The van der Waals surface area contributed by atoms with Gasteiger partial charge in [-0.3, -0.25) is 4.79 Å². The molecule has 1 amide bonds. The minimum Gasteiger partial charge on any atom is -0.335 e. The molecule has 0 spiro atoms. The van der Waals surface area contributed by atoms with E-state index in [0.717, 1.165) is 28.6 Å². The van der Waals surface area contributed by atoms with E-state index < -0.39 is 0 Å². The fourth-order valence-electron chi connectivity index (χ4n) is 3.91. The van der Waals surface area contributed by atoms with E-state index in [-0.39, 0.29) is 17.9 Å². The van der Waals surface area contributed by atoms with Crippen molar-refractivity contribution in [2.75, 3.05) is 6.54 Å². The monoisotopic (exact) mass is 373 g/mol. The summed E-state index contributed by atoms with van der Waals surface area (Å²) in [5.74, 6) is 1.19. The molecule has 1 aliphatic carbocycles. The lowest BCUT2D eigenvalue weighted by atomic mass is 9.79. The zero-order valence-corrected chi connectivity index (χ0v) is 15.5. The van der Waals surface area contributed by atoms with Gasteiger partial charge in [-0.15, -0.1) is 0 Å². The third-order valence-electron chi connectivity index (χ3n) is 5.35. The van der Waals surface area contributed by atoms with Crippen LogP contribution in [0.4, 0.5) is 0 Å². The highest BCUT2D eigenvalue weighted by Crippen LogP contribution is 2.45. The highest BCUT2D eigenvalue weighted by molar-refractivity contribution is 6.30. The number of likely N-dealkylation sites (tertiary alicyclic amines) is 1. The van der Waals surface area contributed by atoms with Crippen LogP contribution in [0.3, 0.4) is 0 Å². The fraction of sp³-hybridized carbons (Fsp3) is 0.381. The fourth-order valence-corrected chi connectivity index (χ4v) is 4.23. The van der Waals surface area contributed by atoms with E-state index in [9.17, 15) is 4.79 Å². The van der Waals surface area contributed by atoms with Gasteiger partial charge >= 0.3 is 0 Å². The molecule has 0 bridgehead atoms. The van der Waals surface area contributed by atoms with Crippen LogP contribution in [-0.2, 0) is 4.79 Å². The summed E-state index contributed by atoms with van der Waals surface area (Å²) in [4.78, 5) is 14.8. The molecule has 4 rings (SSSR count). The summed E-state index contributed by atoms with van der Waals surface area (Å²) in [7, 11) is 0. The van der Waals surface area contributed by atoms with Crippen LogP contribution >= 0.6 is 23.2 Å². The van der Waals surface area contributed by atoms with Gasteiger partial charge in [-0.25, -0.2) is 0 Å². The lowest BCUT2D eigenvalue weighted by Gasteiger charge is -2.42. The number of hydrogen-bond donors (Lipinski definition) is 0. The molecule has 1 unspecified atom stereocenters. The molecule has 0 N–H and O–H groups in total. The number of carbonyl (C=O) groups is 1. The Hall–Kier alpha value is -1.51. The van der Waals surface area contributed by atoms with Crippen molar-refractivity contribution in [1.82, 2.24) is 4.90 Å². The topological polar surface area (TPSA) is 20.3 Å². The zero-order valence-electron chi connectivity index (χ0n) is 14.0. The second-order valence-electron chi connectivity index (χ2n) is 7.19. The van der Waals surface area contributed by atoms with Crippen LogP contribution in [0, 0.1) is 5.92 Å². The number of carbonyl (C=O) groups excluding carboxylic acids is 1. The van der Waals surface area contributed by atoms with Crippen LogP contribution in [0.2, 0.25) is 10.0 Å². The summed E-state index contributed by atoms with van der Waals surface area (Å²) in [6.45, 7) is 0.864. The molecule has 2 nitrogen and oxygen atoms in total. The second kappa shape index (κ2) is 7.01. The van der Waals surface area contributed by atoms with Gasteiger partial charge in [0.15, 0.2) is 0 Å². The maximum absolute atomic E-state index is 12.7. The molecule has 0 radical (unpaired) electrons. The predicted molar refractivity (Wildman–Crippen MR) is 102 cm³/mol. The van der Waals surface area contributed by atoms with Gasteiger partial charge in [0.05, 0.1) is 6.04 Å². The summed E-state index contributed by atoms with van der Waals surface area (Å²) in [5, 5.41) is 1.47. The van der Waals surface area contributed by atoms with E-state index in [1.807, 2.05) is 30.3 Å². The van der Waals surface area contributed by atoms with E-state index in [1.54, 1.807) is 0 Å². The molecule has 1 saturated heterocycles. The predicted octanol–water partition coefficient (Wildman–Crippen LogP) is 5.85. The Morgan fingerprint density at radius 1 is 0.920 bits per heavy atom. The van der Waals surface area contributed by atoms with Crippen LogP contribution in [0.15, 0.2) is 48.5 Å². The molecular formula is C21H21Cl2NO. The molecular weight excluding hydrogens is 353 g/mol. The van der Waals surface area contributed by atoms with Crippen molar-refractivity contribution in [3.05, 3.63) is 69.7 Å². The number of halogens is 2. The Morgan fingerprint density at radius 2 is 1.68 bits per heavy atom. The van der Waals surface area contributed by atoms with Crippen LogP contribution in [0.5, 0.6) is 0 Å². The molecule has 1 heterocycles. The van der Waals surface area contributed by atoms with Crippen molar-refractivity contribution in [3.8, 4) is 0 Å². The summed E-state index contributed by atoms with van der Waals surface area (Å²) in [6.07, 6.45) is 3.93. The molecule has 2 atom stereocenters. The minimum atomic E-state index is 0.0533. The Labute approximate surface area is 158 Å². The Morgan fingerprint density at radius 3 is 2.36 bits per heavy atom. The molecule has 2 fully saturated rings. The molecule has 130 valence electrons. The number of benzene rings is 2. The minimum absolute atomic E-state index is 0.0533. The third kappa shape index (κ3) is 3.70. The molecule has 25 heavy (non-hydrogen) atoms. The van der Waals surface area contributed by atoms with Gasteiger partial charge in [0.1, 0.15) is 0 Å². The van der Waals surface area contributed by atoms with E-state index in [1.165, 1.54) is 18.4 Å². The lowest BCUT2D eigenvalue weighted by Crippen LogP contribution is -2.43. The Balaban J connectivity index is 1.74. The van der Waals surface area contributed by atoms with Gasteiger partial charge in [-0.05, 0) is 60.6 Å². The second-order valence-corrected chi connectivity index (χ2v) is 8.06. The largest absolute Gasteiger partial charge is 0.335 e. The van der Waals surface area contributed by atoms with E-state index >= 15 is 0 Å². The number of amides is 1. The lowest BCUT2D eigenvalue weighted by molar-refractivity contribution is -0.137. The van der Waals surface area contributed by atoms with Crippen LogP contribution in [0.1, 0.15) is 48.8 Å². The highest BCUT2D eigenvalue weighted by Gasteiger charge is 2.40. The molecule has 1 saturated carbocycles. The summed E-state index contributed by atoms with van der Waals surface area (Å²) in [6, 6.07) is 16.1. The van der Waals surface area contributed by atoms with Gasteiger partial charge in [0, 0.05) is 28.9 Å². The summed E-state index contributed by atoms with van der Waals surface area (Å²) < 4.78 is 0. The number of rotatable bonds is 4. The van der Waals surface area contributed by atoms with E-state index in [2.05, 4.69) is 23.1 Å². The molecule has 4 heteroatoms. The SMILES string of the molecule is O=C1CC[C@H](c2cccc(Cl)c2)C(c2ccc(Cl)cc2)N1CC1CC1. The normalized spacial score (nSPS) is 23.8. The highest BCUT2D eigenvalue weighted by atomic mass is 35.5. The van der Waals surface area contributed by atoms with Gasteiger partial charge in [0.2, 0.25) is 5.91 Å². The van der Waals surface area contributed by atoms with Crippen molar-refractivity contribution < 1.29 is 4.79 Å². The van der Waals surface area contributed by atoms with Crippen molar-refractivity contribution in [1.29, 1.82) is 0 Å². The quantitative estimate of drug-likeness (QED) is 0.657. The zero-order chi connectivity index (χ0) is 17.4. The molecule has 1 aliphatic heterocycles. The summed E-state index contributed by atoms with van der Waals surface area (Å²) >= 11 is 12.3. The first-order valence-corrected chi connectivity index (χ1v) is 9.68. The molecule has 2 aromatic rings. The first kappa shape index (κ1) is 16.9. The first-order chi connectivity index (χ1) is 12.1. The molecule has 2 aromatic carbocycles. The maximum atomic E-state index is 12.7. The maximum Gasteiger partial charge on any atom is 0.223 e. The van der Waals surface area contributed by atoms with Crippen molar-refractivity contribution in [2.45, 2.75) is 37.6 Å². The number of nitrogens with zero attached hydrogens (tertiary/aromatic N) is 1. The van der Waals surface area contributed by atoms with Crippen molar-refractivity contribution >= 4 is 29.1 Å². The molecule has 2 aliphatic rings. The first-order valence-electron chi connectivity index (χ1n) is 8.92.